The van der Waals surface area contributed by atoms with E-state index in [0.717, 1.165) is 12.1 Å². The van der Waals surface area contributed by atoms with Gasteiger partial charge in [0, 0.05) is 13.1 Å². The topological polar surface area (TPSA) is 77.3 Å². The van der Waals surface area contributed by atoms with Crippen LogP contribution in [0.3, 0.4) is 0 Å². The van der Waals surface area contributed by atoms with Gasteiger partial charge >= 0.3 is 0 Å². The van der Waals surface area contributed by atoms with Crippen molar-refractivity contribution in [2.75, 3.05) is 13.1 Å². The summed E-state index contributed by atoms with van der Waals surface area (Å²) >= 11 is 1.25. The number of amides is 1. The summed E-state index contributed by atoms with van der Waals surface area (Å²) in [5.74, 6) is -0.0454. The minimum atomic E-state index is -0.0610. The molecule has 0 bridgehead atoms. The molecule has 1 fully saturated rings. The lowest BCUT2D eigenvalue weighted by Crippen LogP contribution is -2.50. The fourth-order valence-corrected chi connectivity index (χ4v) is 4.04. The predicted octanol–water partition coefficient (Wildman–Crippen LogP) is 1.53. The van der Waals surface area contributed by atoms with Crippen LogP contribution in [0.2, 0.25) is 0 Å². The molecule has 0 N–H and O–H groups in total. The number of rotatable bonds is 2. The Morgan fingerprint density at radius 3 is 2.96 bits per heavy atom. The van der Waals surface area contributed by atoms with E-state index in [0.29, 0.717) is 29.5 Å². The molecule has 2 aromatic heterocycles. The molecule has 1 saturated heterocycles. The quantitative estimate of drug-likeness (QED) is 0.780. The van der Waals surface area contributed by atoms with Crippen LogP contribution >= 0.6 is 11.3 Å². The van der Waals surface area contributed by atoms with E-state index in [9.17, 15) is 9.59 Å². The molecular weight excluding hydrogens is 316 g/mol. The van der Waals surface area contributed by atoms with Crippen LogP contribution in [0.15, 0.2) is 18.3 Å². The molecule has 0 aliphatic carbocycles. The Bertz CT molecular complexity index is 768. The zero-order valence-corrected chi connectivity index (χ0v) is 13.5. The van der Waals surface area contributed by atoms with Crippen molar-refractivity contribution in [1.29, 1.82) is 0 Å². The highest BCUT2D eigenvalue weighted by molar-refractivity contribution is 7.15. The van der Waals surface area contributed by atoms with Gasteiger partial charge in [0.1, 0.15) is 0 Å². The standard InChI is InChI=1S/C15H16N4O3S/c1-9(20)13-2-3-14(23-13)15(21)18-5-4-11-12(7-18)22-8-10-6-16-17-19(10)11/h2-3,6,11-12H,4-5,7-8H2,1H3/t11-,12-/m0/s1. The molecule has 7 nitrogen and oxygen atoms in total. The zero-order chi connectivity index (χ0) is 16.0. The van der Waals surface area contributed by atoms with E-state index in [1.165, 1.54) is 18.3 Å². The third-order valence-electron chi connectivity index (χ3n) is 4.38. The van der Waals surface area contributed by atoms with Crippen molar-refractivity contribution < 1.29 is 14.3 Å². The van der Waals surface area contributed by atoms with Gasteiger partial charge in [0.2, 0.25) is 0 Å². The fraction of sp³-hybridized carbons (Fsp3) is 0.467. The summed E-state index contributed by atoms with van der Waals surface area (Å²) in [6.45, 7) is 3.17. The summed E-state index contributed by atoms with van der Waals surface area (Å²) < 4.78 is 7.81. The maximum Gasteiger partial charge on any atom is 0.264 e. The van der Waals surface area contributed by atoms with Crippen molar-refractivity contribution in [2.24, 2.45) is 0 Å². The number of hydrogen-bond acceptors (Lipinski definition) is 6. The number of Topliss-reactive ketones (excluding diaryl/α,β-unsaturated/α-hetero) is 1. The lowest BCUT2D eigenvalue weighted by Gasteiger charge is -2.40. The highest BCUT2D eigenvalue weighted by Gasteiger charge is 2.38. The van der Waals surface area contributed by atoms with Gasteiger partial charge in [-0.25, -0.2) is 4.68 Å². The molecule has 2 aromatic rings. The minimum Gasteiger partial charge on any atom is -0.368 e. The molecule has 8 heteroatoms. The van der Waals surface area contributed by atoms with Crippen LogP contribution in [0.4, 0.5) is 0 Å². The van der Waals surface area contributed by atoms with Gasteiger partial charge in [0.05, 0.1) is 40.4 Å². The first-order chi connectivity index (χ1) is 11.1. The van der Waals surface area contributed by atoms with E-state index in [1.54, 1.807) is 23.2 Å². The third-order valence-corrected chi connectivity index (χ3v) is 5.56. The Labute approximate surface area is 136 Å². The second-order valence-corrected chi connectivity index (χ2v) is 6.93. The number of fused-ring (bicyclic) bond motifs is 3. The number of ether oxygens (including phenoxy) is 1. The zero-order valence-electron chi connectivity index (χ0n) is 12.6. The molecule has 0 spiro atoms. The summed E-state index contributed by atoms with van der Waals surface area (Å²) in [6.07, 6.45) is 2.45. The van der Waals surface area contributed by atoms with Gasteiger partial charge in [-0.05, 0) is 25.5 Å². The van der Waals surface area contributed by atoms with E-state index >= 15 is 0 Å². The van der Waals surface area contributed by atoms with Crippen LogP contribution in [-0.4, -0.2) is 50.8 Å². The molecule has 120 valence electrons. The van der Waals surface area contributed by atoms with Crippen molar-refractivity contribution >= 4 is 23.0 Å². The predicted molar refractivity (Wildman–Crippen MR) is 82.5 cm³/mol. The average molecular weight is 332 g/mol. The largest absolute Gasteiger partial charge is 0.368 e. The summed E-state index contributed by atoms with van der Waals surface area (Å²) in [6, 6.07) is 3.58. The lowest BCUT2D eigenvalue weighted by atomic mass is 10.00. The molecule has 0 radical (unpaired) electrons. The molecule has 2 aliphatic heterocycles. The number of thiophene rings is 1. The van der Waals surface area contributed by atoms with Gasteiger partial charge in [0.25, 0.3) is 5.91 Å². The Balaban J connectivity index is 1.50. The highest BCUT2D eigenvalue weighted by atomic mass is 32.1. The number of ketones is 1. The maximum absolute atomic E-state index is 12.6. The summed E-state index contributed by atoms with van der Waals surface area (Å²) in [4.78, 5) is 27.0. The number of piperidine rings is 1. The molecule has 4 rings (SSSR count). The van der Waals surface area contributed by atoms with Gasteiger partial charge in [0.15, 0.2) is 5.78 Å². The first-order valence-electron chi connectivity index (χ1n) is 7.54. The summed E-state index contributed by atoms with van der Waals surface area (Å²) in [7, 11) is 0. The Morgan fingerprint density at radius 2 is 2.17 bits per heavy atom. The van der Waals surface area contributed by atoms with Crippen molar-refractivity contribution in [3.8, 4) is 0 Å². The summed E-state index contributed by atoms with van der Waals surface area (Å²) in [5.41, 5.74) is 0.982. The number of nitrogens with zero attached hydrogens (tertiary/aromatic N) is 4. The second-order valence-electron chi connectivity index (χ2n) is 5.85. The van der Waals surface area contributed by atoms with E-state index in [1.807, 2.05) is 4.68 Å². The van der Waals surface area contributed by atoms with Crippen molar-refractivity contribution in [3.05, 3.63) is 33.8 Å². The monoisotopic (exact) mass is 332 g/mol. The van der Waals surface area contributed by atoms with Crippen LogP contribution in [0.1, 0.15) is 44.4 Å². The SMILES string of the molecule is CC(=O)c1ccc(C(=O)N2CC[C@H]3[C@H](C2)OCc2cnnn23)s1. The second kappa shape index (κ2) is 5.54. The molecule has 23 heavy (non-hydrogen) atoms. The number of likely N-dealkylation sites (tertiary alicyclic amines) is 1. The molecule has 4 heterocycles. The van der Waals surface area contributed by atoms with Crippen LogP contribution in [-0.2, 0) is 11.3 Å². The normalized spacial score (nSPS) is 23.3. The first kappa shape index (κ1) is 14.5. The molecule has 0 aromatic carbocycles. The first-order valence-corrected chi connectivity index (χ1v) is 8.36. The number of aromatic nitrogens is 3. The summed E-state index contributed by atoms with van der Waals surface area (Å²) in [5, 5.41) is 8.08. The van der Waals surface area contributed by atoms with Gasteiger partial charge in [-0.3, -0.25) is 9.59 Å². The molecule has 1 amide bonds. The van der Waals surface area contributed by atoms with E-state index in [4.69, 9.17) is 4.74 Å². The minimum absolute atomic E-state index is 0.0120. The van der Waals surface area contributed by atoms with Gasteiger partial charge in [-0.1, -0.05) is 5.21 Å². The third kappa shape index (κ3) is 2.47. The van der Waals surface area contributed by atoms with Crippen molar-refractivity contribution in [2.45, 2.75) is 32.1 Å². The van der Waals surface area contributed by atoms with Crippen LogP contribution < -0.4 is 0 Å². The number of hydrogen-bond donors (Lipinski definition) is 0. The highest BCUT2D eigenvalue weighted by Crippen LogP contribution is 2.31. The van der Waals surface area contributed by atoms with Gasteiger partial charge in [-0.2, -0.15) is 0 Å². The number of carbonyl (C=O) groups excluding carboxylic acids is 2. The molecule has 0 unspecified atom stereocenters. The van der Waals surface area contributed by atoms with Crippen LogP contribution in [0.25, 0.3) is 0 Å². The Morgan fingerprint density at radius 1 is 1.35 bits per heavy atom. The van der Waals surface area contributed by atoms with Crippen LogP contribution in [0.5, 0.6) is 0 Å². The average Bonchev–Trinajstić information content (AvgIpc) is 3.22. The van der Waals surface area contributed by atoms with E-state index in [-0.39, 0.29) is 23.8 Å². The Hall–Kier alpha value is -2.06. The van der Waals surface area contributed by atoms with Crippen molar-refractivity contribution in [3.63, 3.8) is 0 Å². The maximum atomic E-state index is 12.6. The van der Waals surface area contributed by atoms with Gasteiger partial charge in [-0.15, -0.1) is 16.4 Å². The number of carbonyl (C=O) groups is 2. The lowest BCUT2D eigenvalue weighted by molar-refractivity contribution is -0.0627. The molecular formula is C15H16N4O3S. The Kier molecular flexibility index (Phi) is 3.50. The van der Waals surface area contributed by atoms with E-state index < -0.39 is 0 Å². The molecule has 0 saturated carbocycles. The van der Waals surface area contributed by atoms with E-state index in [2.05, 4.69) is 10.3 Å². The molecule has 2 aliphatic rings. The van der Waals surface area contributed by atoms with Crippen LogP contribution in [0, 0.1) is 0 Å². The van der Waals surface area contributed by atoms with Gasteiger partial charge < -0.3 is 9.64 Å². The van der Waals surface area contributed by atoms with Crippen molar-refractivity contribution in [1.82, 2.24) is 19.9 Å². The smallest absolute Gasteiger partial charge is 0.264 e. The fourth-order valence-electron chi connectivity index (χ4n) is 3.17. The molecule has 2 atom stereocenters.